The molecular weight excluding hydrogens is 126 g/mol. The Bertz CT molecular complexity index is 215. The minimum Gasteiger partial charge on any atom is -0.497 e. The fourth-order valence-corrected chi connectivity index (χ4v) is 0.688. The zero-order valence-electron chi connectivity index (χ0n) is 5.87. The summed E-state index contributed by atoms with van der Waals surface area (Å²) in [7, 11) is 1.64. The van der Waals surface area contributed by atoms with Crippen LogP contribution in [0.2, 0.25) is 0 Å². The van der Waals surface area contributed by atoms with E-state index in [0.717, 1.165) is 11.4 Å². The van der Waals surface area contributed by atoms with Gasteiger partial charge in [-0.05, 0) is 31.0 Å². The van der Waals surface area contributed by atoms with Crippen molar-refractivity contribution in [3.05, 3.63) is 24.3 Å². The Balaban J connectivity index is 2.90. The number of hydrogen-bond acceptors (Lipinski definition) is 2. The third-order valence-electron chi connectivity index (χ3n) is 1.25. The summed E-state index contributed by atoms with van der Waals surface area (Å²) in [5, 5.41) is 0. The standard InChI is InChI=1S/C8H9NO/c1-9-7-3-5-8(10-2)6-4-7/h3-6H,1H2,2H3. The van der Waals surface area contributed by atoms with Crippen molar-refractivity contribution in [3.63, 3.8) is 0 Å². The molecule has 0 aliphatic heterocycles. The summed E-state index contributed by atoms with van der Waals surface area (Å²) >= 11 is 0. The summed E-state index contributed by atoms with van der Waals surface area (Å²) in [5.41, 5.74) is 0.862. The molecule has 1 aromatic carbocycles. The van der Waals surface area contributed by atoms with Crippen LogP contribution in [-0.2, 0) is 0 Å². The third kappa shape index (κ3) is 1.35. The van der Waals surface area contributed by atoms with E-state index in [2.05, 4.69) is 11.7 Å². The van der Waals surface area contributed by atoms with Crippen molar-refractivity contribution >= 4 is 12.4 Å². The molecule has 0 atom stereocenters. The Morgan fingerprint density at radius 1 is 1.30 bits per heavy atom. The molecule has 0 spiro atoms. The fraction of sp³-hybridized carbons (Fsp3) is 0.125. The number of ether oxygens (including phenoxy) is 1. The first-order valence-electron chi connectivity index (χ1n) is 2.97. The van der Waals surface area contributed by atoms with Gasteiger partial charge in [0.25, 0.3) is 0 Å². The molecular formula is C8H9NO. The van der Waals surface area contributed by atoms with Gasteiger partial charge in [-0.25, -0.2) is 0 Å². The van der Waals surface area contributed by atoms with Crippen LogP contribution >= 0.6 is 0 Å². The van der Waals surface area contributed by atoms with Crippen LogP contribution in [0.25, 0.3) is 0 Å². The van der Waals surface area contributed by atoms with Crippen LogP contribution < -0.4 is 4.74 Å². The highest BCUT2D eigenvalue weighted by atomic mass is 16.5. The minimum absolute atomic E-state index is 0.840. The van der Waals surface area contributed by atoms with Crippen LogP contribution in [0.5, 0.6) is 5.75 Å². The average Bonchev–Trinajstić information content (AvgIpc) is 2.05. The van der Waals surface area contributed by atoms with E-state index in [9.17, 15) is 0 Å². The van der Waals surface area contributed by atoms with Gasteiger partial charge in [0.2, 0.25) is 0 Å². The lowest BCUT2D eigenvalue weighted by Gasteiger charge is -1.97. The zero-order chi connectivity index (χ0) is 7.40. The van der Waals surface area contributed by atoms with Crippen molar-refractivity contribution < 1.29 is 4.74 Å². The molecule has 52 valence electrons. The molecule has 0 amide bonds. The third-order valence-corrected chi connectivity index (χ3v) is 1.25. The molecule has 1 aromatic rings. The quantitative estimate of drug-likeness (QED) is 0.568. The number of aliphatic imine (C=N–C) groups is 1. The summed E-state index contributed by atoms with van der Waals surface area (Å²) < 4.78 is 4.95. The van der Waals surface area contributed by atoms with Gasteiger partial charge in [0.05, 0.1) is 12.8 Å². The second-order valence-corrected chi connectivity index (χ2v) is 1.86. The van der Waals surface area contributed by atoms with Gasteiger partial charge >= 0.3 is 0 Å². The summed E-state index contributed by atoms with van der Waals surface area (Å²) in [6.07, 6.45) is 0. The van der Waals surface area contributed by atoms with E-state index in [4.69, 9.17) is 4.74 Å². The molecule has 2 nitrogen and oxygen atoms in total. The van der Waals surface area contributed by atoms with E-state index < -0.39 is 0 Å². The predicted octanol–water partition coefficient (Wildman–Crippen LogP) is 2.03. The summed E-state index contributed by atoms with van der Waals surface area (Å²) in [6, 6.07) is 7.41. The van der Waals surface area contributed by atoms with Crippen LogP contribution in [0.1, 0.15) is 0 Å². The zero-order valence-corrected chi connectivity index (χ0v) is 5.87. The van der Waals surface area contributed by atoms with E-state index in [1.807, 2.05) is 24.3 Å². The van der Waals surface area contributed by atoms with Gasteiger partial charge in [0, 0.05) is 0 Å². The lowest BCUT2D eigenvalue weighted by molar-refractivity contribution is 0.415. The first-order valence-corrected chi connectivity index (χ1v) is 2.97. The molecule has 10 heavy (non-hydrogen) atoms. The van der Waals surface area contributed by atoms with Crippen molar-refractivity contribution in [2.45, 2.75) is 0 Å². The largest absolute Gasteiger partial charge is 0.497 e. The number of methoxy groups -OCH3 is 1. The topological polar surface area (TPSA) is 21.6 Å². The normalized spacial score (nSPS) is 8.90. The second kappa shape index (κ2) is 3.01. The first-order chi connectivity index (χ1) is 4.86. The molecule has 0 radical (unpaired) electrons. The van der Waals surface area contributed by atoms with Crippen LogP contribution in [0.3, 0.4) is 0 Å². The van der Waals surface area contributed by atoms with Gasteiger partial charge < -0.3 is 4.74 Å². The Morgan fingerprint density at radius 3 is 2.30 bits per heavy atom. The van der Waals surface area contributed by atoms with E-state index >= 15 is 0 Å². The number of benzene rings is 1. The predicted molar refractivity (Wildman–Crippen MR) is 42.2 cm³/mol. The van der Waals surface area contributed by atoms with Crippen molar-refractivity contribution in [2.75, 3.05) is 7.11 Å². The Kier molecular flexibility index (Phi) is 2.05. The highest BCUT2D eigenvalue weighted by Crippen LogP contribution is 2.16. The lowest BCUT2D eigenvalue weighted by Crippen LogP contribution is -1.79. The maximum atomic E-state index is 4.95. The molecule has 0 fully saturated rings. The van der Waals surface area contributed by atoms with Crippen LogP contribution in [0.4, 0.5) is 5.69 Å². The summed E-state index contributed by atoms with van der Waals surface area (Å²) in [6.45, 7) is 3.40. The molecule has 0 bridgehead atoms. The molecule has 0 N–H and O–H groups in total. The SMILES string of the molecule is C=Nc1ccc(OC)cc1. The van der Waals surface area contributed by atoms with Crippen molar-refractivity contribution in [3.8, 4) is 5.75 Å². The van der Waals surface area contributed by atoms with Gasteiger partial charge in [-0.1, -0.05) is 0 Å². The number of hydrogen-bond donors (Lipinski definition) is 0. The molecule has 0 aliphatic rings. The Labute approximate surface area is 60.2 Å². The average molecular weight is 135 g/mol. The first kappa shape index (κ1) is 6.81. The van der Waals surface area contributed by atoms with Gasteiger partial charge in [-0.2, -0.15) is 0 Å². The van der Waals surface area contributed by atoms with Crippen LogP contribution in [0, 0.1) is 0 Å². The molecule has 0 saturated carbocycles. The molecule has 2 heteroatoms. The molecule has 0 unspecified atom stereocenters. The fourth-order valence-electron chi connectivity index (χ4n) is 0.688. The molecule has 0 aliphatic carbocycles. The van der Waals surface area contributed by atoms with Gasteiger partial charge in [0.1, 0.15) is 5.75 Å². The monoisotopic (exact) mass is 135 g/mol. The number of nitrogens with zero attached hydrogens (tertiary/aromatic N) is 1. The molecule has 0 heterocycles. The van der Waals surface area contributed by atoms with Crippen molar-refractivity contribution in [1.29, 1.82) is 0 Å². The minimum atomic E-state index is 0.840. The van der Waals surface area contributed by atoms with Crippen molar-refractivity contribution in [2.24, 2.45) is 4.99 Å². The van der Waals surface area contributed by atoms with Crippen LogP contribution in [-0.4, -0.2) is 13.8 Å². The summed E-state index contributed by atoms with van der Waals surface area (Å²) in [4.78, 5) is 3.74. The molecule has 0 aromatic heterocycles. The van der Waals surface area contributed by atoms with Crippen LogP contribution in [0.15, 0.2) is 29.3 Å². The Morgan fingerprint density at radius 2 is 1.90 bits per heavy atom. The van der Waals surface area contributed by atoms with E-state index in [1.54, 1.807) is 7.11 Å². The van der Waals surface area contributed by atoms with E-state index in [1.165, 1.54) is 0 Å². The Hall–Kier alpha value is -1.31. The van der Waals surface area contributed by atoms with Gasteiger partial charge in [0.15, 0.2) is 0 Å². The van der Waals surface area contributed by atoms with Crippen molar-refractivity contribution in [1.82, 2.24) is 0 Å². The summed E-state index contributed by atoms with van der Waals surface area (Å²) in [5.74, 6) is 0.840. The van der Waals surface area contributed by atoms with Gasteiger partial charge in [-0.15, -0.1) is 0 Å². The highest BCUT2D eigenvalue weighted by molar-refractivity contribution is 5.47. The maximum absolute atomic E-state index is 4.95. The van der Waals surface area contributed by atoms with E-state index in [0.29, 0.717) is 0 Å². The van der Waals surface area contributed by atoms with Gasteiger partial charge in [-0.3, -0.25) is 4.99 Å². The smallest absolute Gasteiger partial charge is 0.119 e. The highest BCUT2D eigenvalue weighted by Gasteiger charge is 1.88. The maximum Gasteiger partial charge on any atom is 0.119 e. The lowest BCUT2D eigenvalue weighted by atomic mass is 10.3. The van der Waals surface area contributed by atoms with E-state index in [-0.39, 0.29) is 0 Å². The molecule has 0 saturated heterocycles. The second-order valence-electron chi connectivity index (χ2n) is 1.86. The molecule has 1 rings (SSSR count). The number of rotatable bonds is 2.